The van der Waals surface area contributed by atoms with E-state index in [0.717, 1.165) is 23.0 Å². The standard InChI is InChI=1S/C26H17FN4O4S/c1-36(32,33)25-9-8-18(15-30-25)34-23-12-17-11-22(20-7-2-3-10-29-20)31-21(17)13-24(23)35-26-16(14-28)5-4-6-19(26)27/h2-13,15,31H,1H3. The molecule has 0 fully saturated rings. The van der Waals surface area contributed by atoms with Gasteiger partial charge in [-0.05, 0) is 48.5 Å². The number of fused-ring (bicyclic) bond motifs is 1. The summed E-state index contributed by atoms with van der Waals surface area (Å²) in [5.41, 5.74) is 2.15. The number of sulfone groups is 1. The van der Waals surface area contributed by atoms with Crippen LogP contribution in [0.4, 0.5) is 4.39 Å². The number of nitrogens with zero attached hydrogens (tertiary/aromatic N) is 3. The van der Waals surface area contributed by atoms with Crippen molar-refractivity contribution in [3.8, 4) is 40.5 Å². The summed E-state index contributed by atoms with van der Waals surface area (Å²) < 4.78 is 49.9. The molecule has 178 valence electrons. The fourth-order valence-corrected chi connectivity index (χ4v) is 4.10. The quantitative estimate of drug-likeness (QED) is 0.321. The Morgan fingerprint density at radius 1 is 0.972 bits per heavy atom. The number of H-pyrrole nitrogens is 1. The third-order valence-corrected chi connectivity index (χ3v) is 6.24. The van der Waals surface area contributed by atoms with Gasteiger partial charge in [0.25, 0.3) is 0 Å². The van der Waals surface area contributed by atoms with Gasteiger partial charge in [0.15, 0.2) is 37.9 Å². The summed E-state index contributed by atoms with van der Waals surface area (Å²) in [5.74, 6) is -0.381. The zero-order chi connectivity index (χ0) is 25.3. The number of aromatic amines is 1. The molecular formula is C26H17FN4O4S. The number of hydrogen-bond acceptors (Lipinski definition) is 7. The second-order valence-electron chi connectivity index (χ2n) is 7.82. The lowest BCUT2D eigenvalue weighted by atomic mass is 10.2. The van der Waals surface area contributed by atoms with E-state index in [-0.39, 0.29) is 33.6 Å². The molecule has 36 heavy (non-hydrogen) atoms. The highest BCUT2D eigenvalue weighted by Crippen LogP contribution is 2.40. The first-order chi connectivity index (χ1) is 17.3. The van der Waals surface area contributed by atoms with Gasteiger partial charge in [-0.1, -0.05) is 12.1 Å². The summed E-state index contributed by atoms with van der Waals surface area (Å²) in [6.45, 7) is 0. The number of pyridine rings is 2. The smallest absolute Gasteiger partial charge is 0.192 e. The van der Waals surface area contributed by atoms with Gasteiger partial charge in [-0.3, -0.25) is 4.98 Å². The van der Waals surface area contributed by atoms with E-state index >= 15 is 0 Å². The SMILES string of the molecule is CS(=O)(=O)c1ccc(Oc2cc3cc(-c4ccccn4)[nH]c3cc2Oc2c(F)cccc2C#N)cn1. The summed E-state index contributed by atoms with van der Waals surface area (Å²) in [5, 5.41) is 10.1. The maximum Gasteiger partial charge on any atom is 0.192 e. The molecule has 3 heterocycles. The van der Waals surface area contributed by atoms with Gasteiger partial charge in [-0.25, -0.2) is 17.8 Å². The fraction of sp³-hybridized carbons (Fsp3) is 0.0385. The van der Waals surface area contributed by atoms with Crippen LogP contribution in [-0.4, -0.2) is 29.6 Å². The van der Waals surface area contributed by atoms with Gasteiger partial charge in [-0.2, -0.15) is 5.26 Å². The topological polar surface area (TPSA) is 118 Å². The van der Waals surface area contributed by atoms with Crippen molar-refractivity contribution in [3.05, 3.63) is 90.5 Å². The summed E-state index contributed by atoms with van der Waals surface area (Å²) >= 11 is 0. The molecule has 0 amide bonds. The molecule has 0 aliphatic carbocycles. The van der Waals surface area contributed by atoms with Crippen molar-refractivity contribution in [1.82, 2.24) is 15.0 Å². The van der Waals surface area contributed by atoms with E-state index in [4.69, 9.17) is 9.47 Å². The van der Waals surface area contributed by atoms with Crippen LogP contribution < -0.4 is 9.47 Å². The lowest BCUT2D eigenvalue weighted by Gasteiger charge is -2.14. The van der Waals surface area contributed by atoms with Crippen LogP contribution in [-0.2, 0) is 9.84 Å². The maximum absolute atomic E-state index is 14.6. The van der Waals surface area contributed by atoms with Crippen LogP contribution in [0, 0.1) is 17.1 Å². The van der Waals surface area contributed by atoms with Crippen molar-refractivity contribution in [2.75, 3.05) is 6.26 Å². The molecule has 5 aromatic rings. The number of benzene rings is 2. The molecule has 0 atom stereocenters. The van der Waals surface area contributed by atoms with E-state index in [1.54, 1.807) is 18.3 Å². The average molecular weight is 501 g/mol. The van der Waals surface area contributed by atoms with Crippen molar-refractivity contribution >= 4 is 20.7 Å². The van der Waals surface area contributed by atoms with E-state index in [1.165, 1.54) is 36.5 Å². The molecule has 0 radical (unpaired) electrons. The molecule has 8 nitrogen and oxygen atoms in total. The second kappa shape index (κ2) is 9.13. The van der Waals surface area contributed by atoms with Crippen molar-refractivity contribution < 1.29 is 22.3 Å². The molecule has 5 rings (SSSR count). The van der Waals surface area contributed by atoms with Crippen LogP contribution in [0.5, 0.6) is 23.0 Å². The predicted octanol–water partition coefficient (Wildman–Crippen LogP) is 5.62. The molecule has 2 aromatic carbocycles. The van der Waals surface area contributed by atoms with Crippen LogP contribution in [0.1, 0.15) is 5.56 Å². The molecule has 0 aliphatic heterocycles. The Hall–Kier alpha value is -4.75. The summed E-state index contributed by atoms with van der Waals surface area (Å²) in [6.07, 6.45) is 4.01. The minimum atomic E-state index is -3.48. The summed E-state index contributed by atoms with van der Waals surface area (Å²) in [7, 11) is -3.48. The van der Waals surface area contributed by atoms with Crippen LogP contribution in [0.2, 0.25) is 0 Å². The van der Waals surface area contributed by atoms with Gasteiger partial charge < -0.3 is 14.5 Å². The normalized spacial score (nSPS) is 11.2. The lowest BCUT2D eigenvalue weighted by molar-refractivity contribution is 0.401. The highest BCUT2D eigenvalue weighted by atomic mass is 32.2. The number of aromatic nitrogens is 3. The van der Waals surface area contributed by atoms with Crippen LogP contribution >= 0.6 is 0 Å². The number of nitriles is 1. The predicted molar refractivity (Wildman–Crippen MR) is 130 cm³/mol. The molecule has 10 heteroatoms. The van der Waals surface area contributed by atoms with Crippen molar-refractivity contribution in [3.63, 3.8) is 0 Å². The molecular weight excluding hydrogens is 483 g/mol. The Labute approximate surface area is 205 Å². The summed E-state index contributed by atoms with van der Waals surface area (Å²) in [6, 6.07) is 19.5. The molecule has 3 aromatic heterocycles. The third-order valence-electron chi connectivity index (χ3n) is 5.24. The number of halogens is 1. The molecule has 0 unspecified atom stereocenters. The third kappa shape index (κ3) is 4.60. The fourth-order valence-electron chi connectivity index (χ4n) is 3.54. The Bertz CT molecular complexity index is 1730. The number of nitrogens with one attached hydrogen (secondary N) is 1. The molecule has 0 spiro atoms. The maximum atomic E-state index is 14.6. The highest BCUT2D eigenvalue weighted by Gasteiger charge is 2.18. The Kier molecular flexibility index (Phi) is 5.83. The molecule has 0 saturated heterocycles. The highest BCUT2D eigenvalue weighted by molar-refractivity contribution is 7.90. The molecule has 0 bridgehead atoms. The number of rotatable bonds is 6. The number of ether oxygens (including phenoxy) is 2. The van der Waals surface area contributed by atoms with Gasteiger partial charge in [0.05, 0.1) is 23.1 Å². The van der Waals surface area contributed by atoms with Crippen molar-refractivity contribution in [1.29, 1.82) is 5.26 Å². The molecule has 0 aliphatic rings. The van der Waals surface area contributed by atoms with Gasteiger partial charge >= 0.3 is 0 Å². The summed E-state index contributed by atoms with van der Waals surface area (Å²) in [4.78, 5) is 11.5. The van der Waals surface area contributed by atoms with E-state index in [1.807, 2.05) is 30.3 Å². The average Bonchev–Trinajstić information content (AvgIpc) is 3.28. The molecule has 0 saturated carbocycles. The van der Waals surface area contributed by atoms with Crippen LogP contribution in [0.3, 0.4) is 0 Å². The number of hydrogen-bond donors (Lipinski definition) is 1. The monoisotopic (exact) mass is 500 g/mol. The van der Waals surface area contributed by atoms with E-state index < -0.39 is 15.7 Å². The first-order valence-corrected chi connectivity index (χ1v) is 12.5. The Morgan fingerprint density at radius 3 is 2.50 bits per heavy atom. The molecule has 1 N–H and O–H groups in total. The van der Waals surface area contributed by atoms with E-state index in [2.05, 4.69) is 15.0 Å². The largest absolute Gasteiger partial charge is 0.452 e. The first-order valence-electron chi connectivity index (χ1n) is 10.6. The Morgan fingerprint density at radius 2 is 1.81 bits per heavy atom. The zero-order valence-electron chi connectivity index (χ0n) is 18.8. The number of para-hydroxylation sites is 1. The minimum absolute atomic E-state index is 0.0147. The Balaban J connectivity index is 1.61. The van der Waals surface area contributed by atoms with Gasteiger partial charge in [0.2, 0.25) is 0 Å². The van der Waals surface area contributed by atoms with Crippen molar-refractivity contribution in [2.24, 2.45) is 0 Å². The van der Waals surface area contributed by atoms with Gasteiger partial charge in [0, 0.05) is 29.4 Å². The van der Waals surface area contributed by atoms with Gasteiger partial charge in [0.1, 0.15) is 11.8 Å². The lowest BCUT2D eigenvalue weighted by Crippen LogP contribution is -2.00. The van der Waals surface area contributed by atoms with Crippen LogP contribution in [0.15, 0.2) is 84.1 Å². The van der Waals surface area contributed by atoms with E-state index in [0.29, 0.717) is 5.52 Å². The zero-order valence-corrected chi connectivity index (χ0v) is 19.6. The minimum Gasteiger partial charge on any atom is -0.452 e. The second-order valence-corrected chi connectivity index (χ2v) is 9.78. The van der Waals surface area contributed by atoms with Crippen molar-refractivity contribution in [2.45, 2.75) is 5.03 Å². The van der Waals surface area contributed by atoms with Gasteiger partial charge in [-0.15, -0.1) is 0 Å². The van der Waals surface area contributed by atoms with Crippen LogP contribution in [0.25, 0.3) is 22.3 Å². The first kappa shape index (κ1) is 23.0. The van der Waals surface area contributed by atoms with E-state index in [9.17, 15) is 18.1 Å².